The van der Waals surface area contributed by atoms with Gasteiger partial charge in [-0.25, -0.2) is 8.42 Å². The molecule has 1 N–H and O–H groups in total. The molecule has 0 aliphatic rings. The topological polar surface area (TPSA) is 105 Å². The lowest BCUT2D eigenvalue weighted by Gasteiger charge is -2.31. The van der Waals surface area contributed by atoms with E-state index in [0.717, 1.165) is 16.1 Å². The molecule has 2 aromatic rings. The van der Waals surface area contributed by atoms with Crippen molar-refractivity contribution in [2.45, 2.75) is 33.4 Å². The van der Waals surface area contributed by atoms with Crippen LogP contribution in [0.3, 0.4) is 0 Å². The first-order valence-corrected chi connectivity index (χ1v) is 13.1. The van der Waals surface area contributed by atoms with Gasteiger partial charge in [0.05, 0.1) is 26.2 Å². The van der Waals surface area contributed by atoms with Crippen LogP contribution < -0.4 is 19.1 Å². The van der Waals surface area contributed by atoms with Gasteiger partial charge >= 0.3 is 0 Å². The monoisotopic (exact) mass is 505 g/mol. The number of nitrogens with zero attached hydrogens (tertiary/aromatic N) is 2. The molecule has 0 aliphatic carbocycles. The molecule has 0 bridgehead atoms. The molecule has 2 rings (SSSR count). The zero-order valence-electron chi connectivity index (χ0n) is 21.1. The number of carbonyl (C=O) groups excluding carboxylic acids is 2. The zero-order valence-corrected chi connectivity index (χ0v) is 22.0. The first-order valence-electron chi connectivity index (χ1n) is 11.3. The SMILES string of the molecule is COc1ccc(N(CC(=O)N(Cc2cccc(OC)c2)[C@@H](C)C(=O)NCC(C)C)S(C)(=O)=O)cc1. The van der Waals surface area contributed by atoms with Crippen LogP contribution in [0.1, 0.15) is 26.3 Å². The highest BCUT2D eigenvalue weighted by Crippen LogP contribution is 2.23. The van der Waals surface area contributed by atoms with E-state index in [1.807, 2.05) is 19.9 Å². The summed E-state index contributed by atoms with van der Waals surface area (Å²) >= 11 is 0. The van der Waals surface area contributed by atoms with Crippen molar-refractivity contribution in [2.24, 2.45) is 5.92 Å². The average Bonchev–Trinajstić information content (AvgIpc) is 2.83. The van der Waals surface area contributed by atoms with Crippen molar-refractivity contribution in [3.05, 3.63) is 54.1 Å². The van der Waals surface area contributed by atoms with Crippen molar-refractivity contribution < 1.29 is 27.5 Å². The van der Waals surface area contributed by atoms with E-state index in [9.17, 15) is 18.0 Å². The fraction of sp³-hybridized carbons (Fsp3) is 0.440. The Bertz CT molecular complexity index is 1100. The van der Waals surface area contributed by atoms with E-state index in [2.05, 4.69) is 5.32 Å². The van der Waals surface area contributed by atoms with Gasteiger partial charge in [0.25, 0.3) is 0 Å². The summed E-state index contributed by atoms with van der Waals surface area (Å²) in [5.41, 5.74) is 1.07. The molecule has 0 heterocycles. The minimum absolute atomic E-state index is 0.104. The van der Waals surface area contributed by atoms with E-state index < -0.39 is 28.5 Å². The molecule has 35 heavy (non-hydrogen) atoms. The second-order valence-corrected chi connectivity index (χ2v) is 10.6. The number of rotatable bonds is 12. The Morgan fingerprint density at radius 2 is 1.60 bits per heavy atom. The Kier molecular flexibility index (Phi) is 9.94. The maximum absolute atomic E-state index is 13.5. The number of methoxy groups -OCH3 is 2. The van der Waals surface area contributed by atoms with Crippen LogP contribution in [0.4, 0.5) is 5.69 Å². The summed E-state index contributed by atoms with van der Waals surface area (Å²) < 4.78 is 36.6. The van der Waals surface area contributed by atoms with Crippen molar-refractivity contribution in [2.75, 3.05) is 37.9 Å². The first kappa shape index (κ1) is 28.0. The molecule has 0 unspecified atom stereocenters. The van der Waals surface area contributed by atoms with Gasteiger partial charge in [0.2, 0.25) is 21.8 Å². The van der Waals surface area contributed by atoms with Crippen LogP contribution in [-0.2, 0) is 26.2 Å². The number of hydrogen-bond acceptors (Lipinski definition) is 6. The number of hydrogen-bond donors (Lipinski definition) is 1. The minimum Gasteiger partial charge on any atom is -0.497 e. The third-order valence-electron chi connectivity index (χ3n) is 5.38. The van der Waals surface area contributed by atoms with E-state index >= 15 is 0 Å². The van der Waals surface area contributed by atoms with Crippen LogP contribution >= 0.6 is 0 Å². The number of ether oxygens (including phenoxy) is 2. The quantitative estimate of drug-likeness (QED) is 0.476. The predicted molar refractivity (Wildman–Crippen MR) is 136 cm³/mol. The predicted octanol–water partition coefficient (Wildman–Crippen LogP) is 2.66. The Labute approximate surface area is 208 Å². The lowest BCUT2D eigenvalue weighted by Crippen LogP contribution is -2.51. The highest BCUT2D eigenvalue weighted by atomic mass is 32.2. The molecule has 0 fully saturated rings. The van der Waals surface area contributed by atoms with Gasteiger partial charge in [-0.3, -0.25) is 13.9 Å². The van der Waals surface area contributed by atoms with Crippen LogP contribution in [0.15, 0.2) is 48.5 Å². The fourth-order valence-electron chi connectivity index (χ4n) is 3.36. The molecule has 2 amide bonds. The molecule has 0 saturated carbocycles. The van der Waals surface area contributed by atoms with E-state index in [1.54, 1.807) is 56.5 Å². The third kappa shape index (κ3) is 8.17. The molecule has 0 radical (unpaired) electrons. The highest BCUT2D eigenvalue weighted by Gasteiger charge is 2.30. The minimum atomic E-state index is -3.79. The molecule has 0 saturated heterocycles. The Balaban J connectivity index is 2.37. The van der Waals surface area contributed by atoms with E-state index in [-0.39, 0.29) is 18.4 Å². The summed E-state index contributed by atoms with van der Waals surface area (Å²) in [7, 11) is -0.739. The van der Waals surface area contributed by atoms with Crippen molar-refractivity contribution in [3.63, 3.8) is 0 Å². The van der Waals surface area contributed by atoms with Gasteiger partial charge in [-0.15, -0.1) is 0 Å². The molecular weight excluding hydrogens is 470 g/mol. The number of amides is 2. The van der Waals surface area contributed by atoms with Crippen LogP contribution in [0.2, 0.25) is 0 Å². The van der Waals surface area contributed by atoms with Gasteiger partial charge in [0.1, 0.15) is 24.1 Å². The van der Waals surface area contributed by atoms with Crippen molar-refractivity contribution in [1.82, 2.24) is 10.2 Å². The zero-order chi connectivity index (χ0) is 26.2. The van der Waals surface area contributed by atoms with E-state index in [1.165, 1.54) is 12.0 Å². The summed E-state index contributed by atoms with van der Waals surface area (Å²) in [6, 6.07) is 12.7. The average molecular weight is 506 g/mol. The normalized spacial score (nSPS) is 12.1. The molecule has 2 aromatic carbocycles. The second-order valence-electron chi connectivity index (χ2n) is 8.66. The molecule has 9 nitrogen and oxygen atoms in total. The van der Waals surface area contributed by atoms with Gasteiger partial charge in [-0.2, -0.15) is 0 Å². The van der Waals surface area contributed by atoms with E-state index in [0.29, 0.717) is 23.7 Å². The molecule has 0 aromatic heterocycles. The molecule has 1 atom stereocenters. The summed E-state index contributed by atoms with van der Waals surface area (Å²) in [6.45, 7) is 5.69. The maximum atomic E-state index is 13.5. The summed E-state index contributed by atoms with van der Waals surface area (Å²) in [5, 5.41) is 2.85. The van der Waals surface area contributed by atoms with Crippen LogP contribution in [0.5, 0.6) is 11.5 Å². The lowest BCUT2D eigenvalue weighted by molar-refractivity contribution is -0.139. The summed E-state index contributed by atoms with van der Waals surface area (Å²) in [4.78, 5) is 27.8. The Morgan fingerprint density at radius 1 is 0.971 bits per heavy atom. The molecule has 192 valence electrons. The standard InChI is InChI=1S/C25H35N3O6S/c1-18(2)15-26-25(30)19(3)27(16-20-8-7-9-23(14-20)34-5)24(29)17-28(35(6,31)32)21-10-12-22(33-4)13-11-21/h7-14,18-19H,15-17H2,1-6H3,(H,26,30)/t19-/m0/s1. The number of carbonyl (C=O) groups is 2. The van der Waals surface area contributed by atoms with Gasteiger partial charge in [-0.1, -0.05) is 26.0 Å². The highest BCUT2D eigenvalue weighted by molar-refractivity contribution is 7.92. The largest absolute Gasteiger partial charge is 0.497 e. The summed E-state index contributed by atoms with van der Waals surface area (Å²) in [5.74, 6) is 0.586. The Hall–Kier alpha value is -3.27. The molecule has 10 heteroatoms. The number of nitrogens with one attached hydrogen (secondary N) is 1. The van der Waals surface area contributed by atoms with Crippen LogP contribution in [-0.4, -0.2) is 64.7 Å². The molecule has 0 spiro atoms. The second kappa shape index (κ2) is 12.4. The fourth-order valence-corrected chi connectivity index (χ4v) is 4.21. The number of anilines is 1. The van der Waals surface area contributed by atoms with Gasteiger partial charge in [-0.05, 0) is 54.8 Å². The van der Waals surface area contributed by atoms with Crippen molar-refractivity contribution in [1.29, 1.82) is 0 Å². The number of sulfonamides is 1. The summed E-state index contributed by atoms with van der Waals surface area (Å²) in [6.07, 6.45) is 1.04. The smallest absolute Gasteiger partial charge is 0.244 e. The van der Waals surface area contributed by atoms with Gasteiger partial charge in [0.15, 0.2) is 0 Å². The molecule has 0 aliphatic heterocycles. The van der Waals surface area contributed by atoms with E-state index in [4.69, 9.17) is 9.47 Å². The van der Waals surface area contributed by atoms with Crippen LogP contribution in [0.25, 0.3) is 0 Å². The van der Waals surface area contributed by atoms with Crippen molar-refractivity contribution in [3.8, 4) is 11.5 Å². The van der Waals surface area contributed by atoms with Gasteiger partial charge < -0.3 is 19.7 Å². The third-order valence-corrected chi connectivity index (χ3v) is 6.52. The lowest BCUT2D eigenvalue weighted by atomic mass is 10.1. The maximum Gasteiger partial charge on any atom is 0.244 e. The first-order chi connectivity index (χ1) is 16.5. The van der Waals surface area contributed by atoms with Gasteiger partial charge in [0, 0.05) is 13.1 Å². The van der Waals surface area contributed by atoms with Crippen molar-refractivity contribution >= 4 is 27.5 Å². The Morgan fingerprint density at radius 3 is 2.14 bits per heavy atom. The molecular formula is C25H35N3O6S. The number of benzene rings is 2. The van der Waals surface area contributed by atoms with Crippen LogP contribution in [0, 0.1) is 5.92 Å².